The minimum atomic E-state index is 0.687. The number of nitrogens with zero attached hydrogens (tertiary/aromatic N) is 2. The molecule has 0 saturated carbocycles. The molecule has 0 aliphatic rings. The summed E-state index contributed by atoms with van der Waals surface area (Å²) in [5.41, 5.74) is 3.78. The first kappa shape index (κ1) is 11.2. The quantitative estimate of drug-likeness (QED) is 0.870. The molecular weight excluding hydrogens is 210 g/mol. The van der Waals surface area contributed by atoms with Crippen LogP contribution in [-0.4, -0.2) is 4.98 Å². The Morgan fingerprint density at radius 2 is 2.18 bits per heavy atom. The first-order chi connectivity index (χ1) is 8.29. The summed E-state index contributed by atoms with van der Waals surface area (Å²) < 4.78 is 0. The summed E-state index contributed by atoms with van der Waals surface area (Å²) in [5, 5.41) is 12.1. The van der Waals surface area contributed by atoms with Gasteiger partial charge in [-0.15, -0.1) is 0 Å². The van der Waals surface area contributed by atoms with Crippen LogP contribution in [0.4, 0.5) is 5.69 Å². The third kappa shape index (κ3) is 2.82. The highest BCUT2D eigenvalue weighted by molar-refractivity contribution is 5.47. The second-order valence-corrected chi connectivity index (χ2v) is 3.80. The number of anilines is 1. The fourth-order valence-electron chi connectivity index (χ4n) is 1.62. The second kappa shape index (κ2) is 5.13. The molecule has 0 saturated heterocycles. The van der Waals surface area contributed by atoms with Gasteiger partial charge < -0.3 is 5.32 Å². The lowest BCUT2D eigenvalue weighted by molar-refractivity contribution is 1.11. The third-order valence-electron chi connectivity index (χ3n) is 2.55. The molecule has 2 rings (SSSR count). The van der Waals surface area contributed by atoms with E-state index >= 15 is 0 Å². The highest BCUT2D eigenvalue weighted by Gasteiger charge is 1.98. The molecule has 0 fully saturated rings. The maximum atomic E-state index is 8.81. The van der Waals surface area contributed by atoms with E-state index in [4.69, 9.17) is 5.26 Å². The van der Waals surface area contributed by atoms with Crippen LogP contribution in [0.5, 0.6) is 0 Å². The molecular formula is C14H13N3. The van der Waals surface area contributed by atoms with E-state index in [0.717, 1.165) is 16.9 Å². The summed E-state index contributed by atoms with van der Waals surface area (Å²) in [7, 11) is 0. The number of hydrogen-bond donors (Lipinski definition) is 1. The minimum absolute atomic E-state index is 0.687. The molecule has 0 spiro atoms. The van der Waals surface area contributed by atoms with Crippen LogP contribution in [0.2, 0.25) is 0 Å². The molecule has 0 unspecified atom stereocenters. The van der Waals surface area contributed by atoms with Crippen molar-refractivity contribution in [3.63, 3.8) is 0 Å². The van der Waals surface area contributed by atoms with Gasteiger partial charge in [-0.2, -0.15) is 5.26 Å². The van der Waals surface area contributed by atoms with Gasteiger partial charge in [-0.3, -0.25) is 4.98 Å². The Hall–Kier alpha value is -2.34. The Morgan fingerprint density at radius 3 is 2.94 bits per heavy atom. The van der Waals surface area contributed by atoms with Crippen molar-refractivity contribution in [3.05, 3.63) is 59.4 Å². The highest BCUT2D eigenvalue weighted by Crippen LogP contribution is 2.12. The van der Waals surface area contributed by atoms with Gasteiger partial charge in [0.2, 0.25) is 0 Å². The Morgan fingerprint density at radius 1 is 1.29 bits per heavy atom. The van der Waals surface area contributed by atoms with Crippen LogP contribution in [-0.2, 0) is 6.54 Å². The van der Waals surface area contributed by atoms with Gasteiger partial charge >= 0.3 is 0 Å². The highest BCUT2D eigenvalue weighted by atomic mass is 14.9. The Labute approximate surface area is 101 Å². The van der Waals surface area contributed by atoms with E-state index in [9.17, 15) is 0 Å². The number of pyridine rings is 1. The van der Waals surface area contributed by atoms with Gasteiger partial charge in [-0.05, 0) is 36.8 Å². The zero-order valence-electron chi connectivity index (χ0n) is 9.64. The Bertz CT molecular complexity index is 555. The molecule has 0 radical (unpaired) electrons. The molecule has 0 aliphatic carbocycles. The van der Waals surface area contributed by atoms with Gasteiger partial charge in [0.1, 0.15) is 0 Å². The molecule has 0 atom stereocenters. The lowest BCUT2D eigenvalue weighted by Crippen LogP contribution is -2.01. The van der Waals surface area contributed by atoms with E-state index in [2.05, 4.69) is 16.4 Å². The number of rotatable bonds is 3. The number of hydrogen-bond acceptors (Lipinski definition) is 3. The number of nitrogens with one attached hydrogen (secondary N) is 1. The van der Waals surface area contributed by atoms with Gasteiger partial charge in [0.15, 0.2) is 0 Å². The summed E-state index contributed by atoms with van der Waals surface area (Å²) in [6, 6.07) is 13.6. The maximum absolute atomic E-state index is 8.81. The number of aryl methyl sites for hydroxylation is 1. The van der Waals surface area contributed by atoms with E-state index in [-0.39, 0.29) is 0 Å². The van der Waals surface area contributed by atoms with Crippen LogP contribution in [0.3, 0.4) is 0 Å². The van der Waals surface area contributed by atoms with Crippen LogP contribution >= 0.6 is 0 Å². The molecule has 1 heterocycles. The summed E-state index contributed by atoms with van der Waals surface area (Å²) in [6.07, 6.45) is 1.77. The van der Waals surface area contributed by atoms with Crippen molar-refractivity contribution in [2.24, 2.45) is 0 Å². The van der Waals surface area contributed by atoms with Crippen molar-refractivity contribution in [2.45, 2.75) is 13.5 Å². The SMILES string of the molecule is Cc1ncccc1NCc1cccc(C#N)c1. The summed E-state index contributed by atoms with van der Waals surface area (Å²) >= 11 is 0. The Kier molecular flexibility index (Phi) is 3.37. The van der Waals surface area contributed by atoms with Crippen LogP contribution in [0.15, 0.2) is 42.6 Å². The molecule has 3 nitrogen and oxygen atoms in total. The fraction of sp³-hybridized carbons (Fsp3) is 0.143. The van der Waals surface area contributed by atoms with E-state index in [1.54, 1.807) is 12.3 Å². The standard InChI is InChI=1S/C14H13N3/c1-11-14(6-3-7-16-11)17-10-13-5-2-4-12(8-13)9-15/h2-8,17H,10H2,1H3. The lowest BCUT2D eigenvalue weighted by Gasteiger charge is -2.08. The summed E-state index contributed by atoms with van der Waals surface area (Å²) in [4.78, 5) is 4.21. The minimum Gasteiger partial charge on any atom is -0.380 e. The molecule has 0 bridgehead atoms. The van der Waals surface area contributed by atoms with E-state index in [1.165, 1.54) is 0 Å². The van der Waals surface area contributed by atoms with Crippen molar-refractivity contribution >= 4 is 5.69 Å². The number of benzene rings is 1. The van der Waals surface area contributed by atoms with Crippen LogP contribution < -0.4 is 5.32 Å². The fourth-order valence-corrected chi connectivity index (χ4v) is 1.62. The molecule has 84 valence electrons. The van der Waals surface area contributed by atoms with E-state index in [1.807, 2.05) is 37.3 Å². The maximum Gasteiger partial charge on any atom is 0.0991 e. The third-order valence-corrected chi connectivity index (χ3v) is 2.55. The van der Waals surface area contributed by atoms with Crippen molar-refractivity contribution in [1.29, 1.82) is 5.26 Å². The van der Waals surface area contributed by atoms with Crippen molar-refractivity contribution in [3.8, 4) is 6.07 Å². The topological polar surface area (TPSA) is 48.7 Å². The molecule has 0 aliphatic heterocycles. The van der Waals surface area contributed by atoms with Crippen molar-refractivity contribution < 1.29 is 0 Å². The molecule has 1 aromatic heterocycles. The van der Waals surface area contributed by atoms with Gasteiger partial charge in [-0.1, -0.05) is 12.1 Å². The van der Waals surface area contributed by atoms with Crippen molar-refractivity contribution in [1.82, 2.24) is 4.98 Å². The van der Waals surface area contributed by atoms with Crippen LogP contribution in [0.25, 0.3) is 0 Å². The number of aromatic nitrogens is 1. The zero-order chi connectivity index (χ0) is 12.1. The predicted octanol–water partition coefficient (Wildman–Crippen LogP) is 2.87. The largest absolute Gasteiger partial charge is 0.380 e. The summed E-state index contributed by atoms with van der Waals surface area (Å²) in [5.74, 6) is 0. The first-order valence-corrected chi connectivity index (χ1v) is 5.44. The normalized spacial score (nSPS) is 9.65. The van der Waals surface area contributed by atoms with Gasteiger partial charge in [-0.25, -0.2) is 0 Å². The average molecular weight is 223 g/mol. The van der Waals surface area contributed by atoms with Gasteiger partial charge in [0.05, 0.1) is 23.0 Å². The molecule has 1 aromatic carbocycles. The van der Waals surface area contributed by atoms with Crippen LogP contribution in [0.1, 0.15) is 16.8 Å². The Balaban J connectivity index is 2.08. The summed E-state index contributed by atoms with van der Waals surface area (Å²) in [6.45, 7) is 2.66. The van der Waals surface area contributed by atoms with E-state index < -0.39 is 0 Å². The van der Waals surface area contributed by atoms with Gasteiger partial charge in [0.25, 0.3) is 0 Å². The molecule has 1 N–H and O–H groups in total. The average Bonchev–Trinajstić information content (AvgIpc) is 2.38. The van der Waals surface area contributed by atoms with Crippen molar-refractivity contribution in [2.75, 3.05) is 5.32 Å². The second-order valence-electron chi connectivity index (χ2n) is 3.80. The predicted molar refractivity (Wildman–Crippen MR) is 67.5 cm³/mol. The molecule has 0 amide bonds. The van der Waals surface area contributed by atoms with Crippen LogP contribution in [0, 0.1) is 18.3 Å². The smallest absolute Gasteiger partial charge is 0.0991 e. The monoisotopic (exact) mass is 223 g/mol. The molecule has 17 heavy (non-hydrogen) atoms. The number of nitriles is 1. The van der Waals surface area contributed by atoms with Gasteiger partial charge in [0, 0.05) is 12.7 Å². The molecule has 2 aromatic rings. The first-order valence-electron chi connectivity index (χ1n) is 5.44. The zero-order valence-corrected chi connectivity index (χ0v) is 9.64. The lowest BCUT2D eigenvalue weighted by atomic mass is 10.1. The van der Waals surface area contributed by atoms with E-state index in [0.29, 0.717) is 12.1 Å². The molecule has 3 heteroatoms.